The van der Waals surface area contributed by atoms with Crippen molar-refractivity contribution in [2.45, 2.75) is 38.2 Å². The molecule has 0 aliphatic carbocycles. The molecule has 17 heavy (non-hydrogen) atoms. The normalized spacial score (nSPS) is 13.6. The number of aryl methyl sites for hydroxylation is 2. The van der Waals surface area contributed by atoms with Crippen LogP contribution < -0.4 is 0 Å². The number of rotatable bonds is 5. The Kier molecular flexibility index (Phi) is 3.92. The maximum atomic E-state index is 11.9. The summed E-state index contributed by atoms with van der Waals surface area (Å²) in [6, 6.07) is 0. The van der Waals surface area contributed by atoms with Crippen molar-refractivity contribution in [2.75, 3.05) is 0 Å². The van der Waals surface area contributed by atoms with Gasteiger partial charge in [0, 0.05) is 5.56 Å². The van der Waals surface area contributed by atoms with Crippen molar-refractivity contribution in [3.63, 3.8) is 0 Å². The van der Waals surface area contributed by atoms with E-state index in [1.165, 1.54) is 6.92 Å². The first-order valence-corrected chi connectivity index (χ1v) is 6.87. The van der Waals surface area contributed by atoms with Crippen molar-refractivity contribution in [2.24, 2.45) is 0 Å². The quantitative estimate of drug-likeness (QED) is 0.851. The molecule has 0 aliphatic heterocycles. The van der Waals surface area contributed by atoms with Gasteiger partial charge < -0.3 is 9.63 Å². The molecule has 0 amide bonds. The average Bonchev–Trinajstić information content (AvgIpc) is 2.49. The molecule has 1 unspecified atom stereocenters. The van der Waals surface area contributed by atoms with E-state index in [1.807, 2.05) is 0 Å². The predicted molar refractivity (Wildman–Crippen MR) is 60.3 cm³/mol. The molecular formula is C10H15NO5S. The van der Waals surface area contributed by atoms with Crippen LogP contribution in [-0.4, -0.2) is 29.9 Å². The zero-order valence-electron chi connectivity index (χ0n) is 9.93. The fourth-order valence-electron chi connectivity index (χ4n) is 1.59. The molecule has 0 aromatic carbocycles. The highest BCUT2D eigenvalue weighted by molar-refractivity contribution is 7.92. The lowest BCUT2D eigenvalue weighted by atomic mass is 10.2. The molecule has 0 bridgehead atoms. The second-order valence-corrected chi connectivity index (χ2v) is 6.03. The van der Waals surface area contributed by atoms with Gasteiger partial charge in [-0.15, -0.1) is 0 Å². The molecule has 0 radical (unpaired) electrons. The number of sulfone groups is 1. The number of carboxylic acids is 1. The maximum absolute atomic E-state index is 11.9. The third kappa shape index (κ3) is 2.85. The number of aliphatic carboxylic acids is 1. The molecule has 0 saturated carbocycles. The van der Waals surface area contributed by atoms with Crippen molar-refractivity contribution < 1.29 is 22.8 Å². The molecule has 1 atom stereocenters. The van der Waals surface area contributed by atoms with Crippen LogP contribution in [0.2, 0.25) is 0 Å². The standard InChI is InChI=1S/C10H15NO5S/c1-4-9(10(12)13)17(14,15)5-8-6(2)11-16-7(8)3/h9H,4-5H2,1-3H3,(H,12,13). The van der Waals surface area contributed by atoms with Gasteiger partial charge in [0.2, 0.25) is 0 Å². The van der Waals surface area contributed by atoms with Crippen molar-refractivity contribution >= 4 is 15.8 Å². The van der Waals surface area contributed by atoms with Gasteiger partial charge in [0.25, 0.3) is 0 Å². The lowest BCUT2D eigenvalue weighted by Gasteiger charge is -2.10. The van der Waals surface area contributed by atoms with Gasteiger partial charge in [-0.05, 0) is 20.3 Å². The number of carbonyl (C=O) groups is 1. The van der Waals surface area contributed by atoms with Gasteiger partial charge in [-0.25, -0.2) is 8.42 Å². The molecule has 0 aliphatic rings. The summed E-state index contributed by atoms with van der Waals surface area (Å²) < 4.78 is 28.7. The Morgan fingerprint density at radius 3 is 2.41 bits per heavy atom. The molecule has 6 nitrogen and oxygen atoms in total. The van der Waals surface area contributed by atoms with Crippen molar-refractivity contribution in [3.8, 4) is 0 Å². The Labute approximate surface area is 99.5 Å². The Bertz CT molecular complexity index is 497. The van der Waals surface area contributed by atoms with Crippen LogP contribution in [0.5, 0.6) is 0 Å². The Morgan fingerprint density at radius 2 is 2.06 bits per heavy atom. The van der Waals surface area contributed by atoms with Crippen molar-refractivity contribution in [3.05, 3.63) is 17.0 Å². The van der Waals surface area contributed by atoms with E-state index in [1.54, 1.807) is 13.8 Å². The van der Waals surface area contributed by atoms with E-state index in [0.717, 1.165) is 0 Å². The van der Waals surface area contributed by atoms with Crippen LogP contribution in [0.3, 0.4) is 0 Å². The number of carboxylic acid groups (broad SMARTS) is 1. The minimum Gasteiger partial charge on any atom is -0.480 e. The van der Waals surface area contributed by atoms with E-state index in [-0.39, 0.29) is 12.2 Å². The number of aromatic nitrogens is 1. The highest BCUT2D eigenvalue weighted by atomic mass is 32.2. The zero-order valence-corrected chi connectivity index (χ0v) is 10.7. The van der Waals surface area contributed by atoms with E-state index >= 15 is 0 Å². The molecule has 7 heteroatoms. The highest BCUT2D eigenvalue weighted by Crippen LogP contribution is 2.19. The molecular weight excluding hydrogens is 246 g/mol. The summed E-state index contributed by atoms with van der Waals surface area (Å²) >= 11 is 0. The smallest absolute Gasteiger partial charge is 0.321 e. The molecule has 1 N–H and O–H groups in total. The van der Waals surface area contributed by atoms with Gasteiger partial charge in [0.15, 0.2) is 15.1 Å². The third-order valence-electron chi connectivity index (χ3n) is 2.61. The maximum Gasteiger partial charge on any atom is 0.321 e. The summed E-state index contributed by atoms with van der Waals surface area (Å²) in [4.78, 5) is 10.9. The average molecular weight is 261 g/mol. The van der Waals surface area contributed by atoms with Crippen LogP contribution in [0.1, 0.15) is 30.4 Å². The SMILES string of the molecule is CCC(C(=O)O)S(=O)(=O)Cc1c(C)noc1C. The summed E-state index contributed by atoms with van der Waals surface area (Å²) in [5.41, 5.74) is 0.927. The second-order valence-electron chi connectivity index (χ2n) is 3.85. The first kappa shape index (κ1) is 13.7. The van der Waals surface area contributed by atoms with Gasteiger partial charge in [0.1, 0.15) is 5.76 Å². The Hall–Kier alpha value is -1.37. The summed E-state index contributed by atoms with van der Waals surface area (Å²) in [6.45, 7) is 4.76. The molecule has 1 heterocycles. The third-order valence-corrected chi connectivity index (χ3v) is 4.70. The fourth-order valence-corrected chi connectivity index (χ4v) is 3.42. The van der Waals surface area contributed by atoms with E-state index in [9.17, 15) is 13.2 Å². The molecule has 1 aromatic heterocycles. The molecule has 0 fully saturated rings. The first-order chi connectivity index (χ1) is 7.79. The summed E-state index contributed by atoms with van der Waals surface area (Å²) in [7, 11) is -3.74. The summed E-state index contributed by atoms with van der Waals surface area (Å²) in [5, 5.41) is 11.1. The molecule has 1 aromatic rings. The van der Waals surface area contributed by atoms with Crippen LogP contribution in [0, 0.1) is 13.8 Å². The second kappa shape index (κ2) is 4.87. The highest BCUT2D eigenvalue weighted by Gasteiger charge is 2.32. The van der Waals surface area contributed by atoms with E-state index in [2.05, 4.69) is 5.16 Å². The van der Waals surface area contributed by atoms with Crippen LogP contribution in [0.4, 0.5) is 0 Å². The number of nitrogens with zero attached hydrogens (tertiary/aromatic N) is 1. The van der Waals surface area contributed by atoms with Gasteiger partial charge in [-0.2, -0.15) is 0 Å². The van der Waals surface area contributed by atoms with Crippen LogP contribution in [-0.2, 0) is 20.4 Å². The van der Waals surface area contributed by atoms with Crippen LogP contribution in [0.25, 0.3) is 0 Å². The molecule has 1 rings (SSSR count). The van der Waals surface area contributed by atoms with Crippen LogP contribution >= 0.6 is 0 Å². The lowest BCUT2D eigenvalue weighted by Crippen LogP contribution is -2.30. The Balaban J connectivity index is 3.06. The molecule has 0 spiro atoms. The largest absolute Gasteiger partial charge is 0.480 e. The monoisotopic (exact) mass is 261 g/mol. The molecule has 96 valence electrons. The van der Waals surface area contributed by atoms with E-state index in [0.29, 0.717) is 17.0 Å². The van der Waals surface area contributed by atoms with E-state index in [4.69, 9.17) is 9.63 Å². The Morgan fingerprint density at radius 1 is 1.47 bits per heavy atom. The van der Waals surface area contributed by atoms with Crippen molar-refractivity contribution in [1.82, 2.24) is 5.16 Å². The number of hydrogen-bond acceptors (Lipinski definition) is 5. The zero-order chi connectivity index (χ0) is 13.2. The van der Waals surface area contributed by atoms with Crippen LogP contribution in [0.15, 0.2) is 4.52 Å². The first-order valence-electron chi connectivity index (χ1n) is 5.15. The fraction of sp³-hybridized carbons (Fsp3) is 0.600. The predicted octanol–water partition coefficient (Wildman–Crippen LogP) is 1.07. The lowest BCUT2D eigenvalue weighted by molar-refractivity contribution is -0.136. The number of hydrogen-bond donors (Lipinski definition) is 1. The minimum absolute atomic E-state index is 0.0427. The van der Waals surface area contributed by atoms with Gasteiger partial charge in [-0.1, -0.05) is 12.1 Å². The minimum atomic E-state index is -3.74. The van der Waals surface area contributed by atoms with Gasteiger partial charge in [-0.3, -0.25) is 4.79 Å². The van der Waals surface area contributed by atoms with Crippen molar-refractivity contribution in [1.29, 1.82) is 0 Å². The summed E-state index contributed by atoms with van der Waals surface area (Å²) in [6.07, 6.45) is 0.0427. The van der Waals surface area contributed by atoms with Gasteiger partial charge in [0.05, 0.1) is 11.4 Å². The summed E-state index contributed by atoms with van der Waals surface area (Å²) in [5.74, 6) is -1.26. The topological polar surface area (TPSA) is 97.5 Å². The van der Waals surface area contributed by atoms with Gasteiger partial charge >= 0.3 is 5.97 Å². The molecule has 0 saturated heterocycles. The van der Waals surface area contributed by atoms with E-state index < -0.39 is 21.1 Å².